The zero-order chi connectivity index (χ0) is 10.7. The van der Waals surface area contributed by atoms with Crippen LogP contribution in [0.25, 0.3) is 0 Å². The number of carbonyl (C=O) groups is 1. The molecule has 0 saturated heterocycles. The topological polar surface area (TPSA) is 69.4 Å². The van der Waals surface area contributed by atoms with Crippen LogP contribution in [-0.2, 0) is 4.74 Å². The predicted octanol–water partition coefficient (Wildman–Crippen LogP) is -1.33. The smallest absolute Gasteiger partial charge is 0.465 e. The summed E-state index contributed by atoms with van der Waals surface area (Å²) in [5.74, 6) is -0.610. The molecule has 0 N–H and O–H groups in total. The van der Waals surface area contributed by atoms with Gasteiger partial charge in [0.05, 0.1) is 22.5 Å². The van der Waals surface area contributed by atoms with E-state index in [1.807, 2.05) is 0 Å². The Morgan fingerprint density at radius 1 is 1.53 bits per heavy atom. The minimum Gasteiger partial charge on any atom is -0.465 e. The Hall–Kier alpha value is -0.560. The number of ether oxygens (including phenoxy) is 1. The molecule has 0 atom stereocenters. The first kappa shape index (κ1) is 14.4. The minimum absolute atomic E-state index is 0. The first-order valence-electron chi connectivity index (χ1n) is 3.62. The molecule has 0 saturated carbocycles. The summed E-state index contributed by atoms with van der Waals surface area (Å²) < 4.78 is 4.42. The van der Waals surface area contributed by atoms with Crippen molar-refractivity contribution < 1.29 is 44.0 Å². The summed E-state index contributed by atoms with van der Waals surface area (Å²) in [6.07, 6.45) is 0. The molecule has 0 fully saturated rings. The van der Waals surface area contributed by atoms with Crippen molar-refractivity contribution in [1.29, 1.82) is 0 Å². The molecule has 74 valence electrons. The molecule has 0 unspecified atom stereocenters. The maximum Gasteiger partial charge on any atom is 1.00 e. The molecular formula is C8H7NNaO4S+. The Morgan fingerprint density at radius 3 is 2.60 bits per heavy atom. The number of hydrogen-bond donors (Lipinski definition) is 1. The van der Waals surface area contributed by atoms with Crippen molar-refractivity contribution >= 4 is 24.3 Å². The molecule has 5 nitrogen and oxygen atoms in total. The van der Waals surface area contributed by atoms with E-state index in [0.717, 1.165) is 6.07 Å². The molecule has 1 aromatic carbocycles. The van der Waals surface area contributed by atoms with Gasteiger partial charge in [0, 0.05) is 6.07 Å². The molecule has 7 heteroatoms. The largest absolute Gasteiger partial charge is 1.00 e. The number of hydrogen-bond acceptors (Lipinski definition) is 5. The first-order chi connectivity index (χ1) is 6.56. The summed E-state index contributed by atoms with van der Waals surface area (Å²) in [7, 11) is 1.21. The second kappa shape index (κ2) is 6.12. The van der Waals surface area contributed by atoms with Gasteiger partial charge in [0.1, 0.15) is 0 Å². The molecule has 0 aliphatic heterocycles. The Bertz CT molecular complexity index is 396. The van der Waals surface area contributed by atoms with Gasteiger partial charge < -0.3 is 4.74 Å². The van der Waals surface area contributed by atoms with Crippen molar-refractivity contribution in [3.8, 4) is 0 Å². The van der Waals surface area contributed by atoms with Crippen molar-refractivity contribution in [2.75, 3.05) is 7.11 Å². The van der Waals surface area contributed by atoms with E-state index in [2.05, 4.69) is 17.4 Å². The van der Waals surface area contributed by atoms with E-state index in [1.165, 1.54) is 19.2 Å². The van der Waals surface area contributed by atoms with Crippen LogP contribution in [0.3, 0.4) is 0 Å². The van der Waals surface area contributed by atoms with E-state index in [-0.39, 0.29) is 45.7 Å². The molecule has 0 aliphatic carbocycles. The van der Waals surface area contributed by atoms with Gasteiger partial charge in [-0.1, -0.05) is 0 Å². The van der Waals surface area contributed by atoms with Gasteiger partial charge in [-0.15, -0.1) is 12.6 Å². The third-order valence-corrected chi connectivity index (χ3v) is 1.97. The molecule has 0 amide bonds. The summed E-state index contributed by atoms with van der Waals surface area (Å²) in [5, 5.41) is 10.5. The Morgan fingerprint density at radius 2 is 2.13 bits per heavy atom. The fraction of sp³-hybridized carbons (Fsp3) is 0.125. The first-order valence-corrected chi connectivity index (χ1v) is 4.06. The number of thiol groups is 1. The van der Waals surface area contributed by atoms with Crippen molar-refractivity contribution in [2.45, 2.75) is 4.90 Å². The van der Waals surface area contributed by atoms with Gasteiger partial charge in [-0.25, -0.2) is 4.79 Å². The van der Waals surface area contributed by atoms with Gasteiger partial charge in [0.2, 0.25) is 0 Å². The summed E-state index contributed by atoms with van der Waals surface area (Å²) in [5.41, 5.74) is -0.0757. The van der Waals surface area contributed by atoms with Crippen LogP contribution in [0.1, 0.15) is 10.4 Å². The fourth-order valence-electron chi connectivity index (χ4n) is 0.914. The Balaban J connectivity index is 0.00000196. The molecule has 15 heavy (non-hydrogen) atoms. The van der Waals surface area contributed by atoms with Crippen LogP contribution in [0.4, 0.5) is 5.69 Å². The molecule has 1 aromatic rings. The predicted molar refractivity (Wildman–Crippen MR) is 51.7 cm³/mol. The average molecular weight is 236 g/mol. The van der Waals surface area contributed by atoms with Crippen LogP contribution >= 0.6 is 12.6 Å². The number of benzene rings is 1. The van der Waals surface area contributed by atoms with E-state index >= 15 is 0 Å². The molecular weight excluding hydrogens is 229 g/mol. The van der Waals surface area contributed by atoms with Crippen LogP contribution in [0.15, 0.2) is 23.1 Å². The molecule has 0 bridgehead atoms. The molecule has 0 spiro atoms. The second-order valence-electron chi connectivity index (χ2n) is 2.45. The second-order valence-corrected chi connectivity index (χ2v) is 2.93. The summed E-state index contributed by atoms with van der Waals surface area (Å²) >= 11 is 3.89. The van der Waals surface area contributed by atoms with E-state index < -0.39 is 10.9 Å². The SMILES string of the molecule is COC(=O)c1ccc(S)c([N+](=O)[O-])c1.[Na+]. The number of esters is 1. The van der Waals surface area contributed by atoms with Gasteiger partial charge in [-0.2, -0.15) is 0 Å². The maximum atomic E-state index is 11.0. The van der Waals surface area contributed by atoms with E-state index in [1.54, 1.807) is 0 Å². The van der Waals surface area contributed by atoms with Crippen LogP contribution in [0.5, 0.6) is 0 Å². The molecule has 0 heterocycles. The van der Waals surface area contributed by atoms with Crippen LogP contribution in [0, 0.1) is 10.1 Å². The summed E-state index contributed by atoms with van der Waals surface area (Å²) in [4.78, 5) is 21.1. The van der Waals surface area contributed by atoms with Crippen molar-refractivity contribution in [2.24, 2.45) is 0 Å². The number of nitrogens with zero attached hydrogens (tertiary/aromatic N) is 1. The molecule has 0 radical (unpaired) electrons. The van der Waals surface area contributed by atoms with Gasteiger partial charge >= 0.3 is 35.5 Å². The number of carbonyl (C=O) groups excluding carboxylic acids is 1. The van der Waals surface area contributed by atoms with Crippen LogP contribution < -0.4 is 29.6 Å². The van der Waals surface area contributed by atoms with E-state index in [9.17, 15) is 14.9 Å². The van der Waals surface area contributed by atoms with E-state index in [4.69, 9.17) is 0 Å². The number of nitro benzene ring substituents is 1. The van der Waals surface area contributed by atoms with Gasteiger partial charge in [-0.3, -0.25) is 10.1 Å². The third-order valence-electron chi connectivity index (χ3n) is 1.59. The van der Waals surface area contributed by atoms with Crippen LogP contribution in [0.2, 0.25) is 0 Å². The van der Waals surface area contributed by atoms with Crippen molar-refractivity contribution in [3.05, 3.63) is 33.9 Å². The minimum atomic E-state index is -0.610. The number of nitro groups is 1. The van der Waals surface area contributed by atoms with Gasteiger partial charge in [0.25, 0.3) is 5.69 Å². The molecule has 0 aromatic heterocycles. The normalized spacial score (nSPS) is 8.93. The zero-order valence-corrected chi connectivity index (χ0v) is 11.2. The average Bonchev–Trinajstić information content (AvgIpc) is 2.17. The van der Waals surface area contributed by atoms with Crippen molar-refractivity contribution in [1.82, 2.24) is 0 Å². The fourth-order valence-corrected chi connectivity index (χ4v) is 1.14. The Labute approximate surface area is 114 Å². The van der Waals surface area contributed by atoms with Crippen molar-refractivity contribution in [3.63, 3.8) is 0 Å². The molecule has 1 rings (SSSR count). The third kappa shape index (κ3) is 3.49. The standard InChI is InChI=1S/C8H7NO4S.Na/c1-13-8(10)5-2-3-7(14)6(4-5)9(11)12;/h2-4,14H,1H3;/q;+1. The zero-order valence-electron chi connectivity index (χ0n) is 8.26. The van der Waals surface area contributed by atoms with Gasteiger partial charge in [-0.05, 0) is 12.1 Å². The quantitative estimate of drug-likeness (QED) is 0.227. The molecule has 0 aliphatic rings. The van der Waals surface area contributed by atoms with E-state index in [0.29, 0.717) is 0 Å². The Kier molecular flexibility index (Phi) is 5.89. The monoisotopic (exact) mass is 236 g/mol. The maximum absolute atomic E-state index is 11.0. The summed E-state index contributed by atoms with van der Waals surface area (Å²) in [6.45, 7) is 0. The number of rotatable bonds is 2. The number of methoxy groups -OCH3 is 1. The van der Waals surface area contributed by atoms with Gasteiger partial charge in [0.15, 0.2) is 0 Å². The summed E-state index contributed by atoms with van der Waals surface area (Å²) in [6, 6.07) is 3.93. The van der Waals surface area contributed by atoms with Crippen LogP contribution in [-0.4, -0.2) is 18.0 Å².